The number of carbonyl (C=O) groups is 1. The van der Waals surface area contributed by atoms with Crippen LogP contribution in [-0.4, -0.2) is 21.6 Å². The van der Waals surface area contributed by atoms with Crippen molar-refractivity contribution in [3.05, 3.63) is 48.1 Å². The van der Waals surface area contributed by atoms with E-state index in [1.165, 1.54) is 11.2 Å². The highest BCUT2D eigenvalue weighted by Crippen LogP contribution is 2.24. The fraction of sp³-hybridized carbons (Fsp3) is 0.188. The summed E-state index contributed by atoms with van der Waals surface area (Å²) in [6, 6.07) is 12.1. The molecule has 0 radical (unpaired) electrons. The first kappa shape index (κ1) is 15.0. The van der Waals surface area contributed by atoms with Gasteiger partial charge in [0, 0.05) is 11.3 Å². The van der Waals surface area contributed by atoms with Crippen LogP contribution in [-0.2, 0) is 4.79 Å². The Balaban J connectivity index is 1.48. The van der Waals surface area contributed by atoms with Gasteiger partial charge in [0.2, 0.25) is 5.91 Å². The van der Waals surface area contributed by atoms with E-state index in [1.54, 1.807) is 23.1 Å². The molecular formula is C16H15N3OS2. The summed E-state index contributed by atoms with van der Waals surface area (Å²) < 4.78 is 0. The number of fused-ring (bicyclic) bond motifs is 1. The Morgan fingerprint density at radius 3 is 2.91 bits per heavy atom. The minimum atomic E-state index is -0.000128. The van der Waals surface area contributed by atoms with Gasteiger partial charge in [-0.25, -0.2) is 9.97 Å². The van der Waals surface area contributed by atoms with E-state index in [2.05, 4.69) is 27.4 Å². The van der Waals surface area contributed by atoms with Crippen molar-refractivity contribution in [1.29, 1.82) is 0 Å². The lowest BCUT2D eigenvalue weighted by molar-refractivity contribution is -0.116. The van der Waals surface area contributed by atoms with Crippen LogP contribution in [0.4, 0.5) is 5.82 Å². The van der Waals surface area contributed by atoms with Gasteiger partial charge in [-0.3, -0.25) is 4.79 Å². The molecule has 0 spiro atoms. The van der Waals surface area contributed by atoms with Crippen molar-refractivity contribution in [1.82, 2.24) is 9.97 Å². The Morgan fingerprint density at radius 1 is 1.18 bits per heavy atom. The van der Waals surface area contributed by atoms with Gasteiger partial charge >= 0.3 is 0 Å². The van der Waals surface area contributed by atoms with Crippen molar-refractivity contribution in [3.63, 3.8) is 0 Å². The number of thioether (sulfide) groups is 1. The van der Waals surface area contributed by atoms with Crippen molar-refractivity contribution in [2.45, 2.75) is 17.7 Å². The molecule has 2 heterocycles. The van der Waals surface area contributed by atoms with Crippen molar-refractivity contribution in [2.24, 2.45) is 0 Å². The third kappa shape index (κ3) is 3.84. The van der Waals surface area contributed by atoms with E-state index < -0.39 is 0 Å². The third-order valence-electron chi connectivity index (χ3n) is 3.08. The van der Waals surface area contributed by atoms with E-state index in [9.17, 15) is 4.79 Å². The fourth-order valence-electron chi connectivity index (χ4n) is 2.02. The van der Waals surface area contributed by atoms with Gasteiger partial charge in [-0.1, -0.05) is 18.2 Å². The summed E-state index contributed by atoms with van der Waals surface area (Å²) in [6.07, 6.45) is 2.82. The van der Waals surface area contributed by atoms with Gasteiger partial charge < -0.3 is 5.32 Å². The van der Waals surface area contributed by atoms with Crippen LogP contribution in [0.15, 0.2) is 53.0 Å². The van der Waals surface area contributed by atoms with E-state index in [1.807, 2.05) is 29.6 Å². The molecule has 1 N–H and O–H groups in total. The quantitative estimate of drug-likeness (QED) is 0.544. The van der Waals surface area contributed by atoms with Gasteiger partial charge in [-0.15, -0.1) is 23.1 Å². The highest BCUT2D eigenvalue weighted by molar-refractivity contribution is 7.99. The third-order valence-corrected chi connectivity index (χ3v) is 5.00. The number of nitrogens with zero attached hydrogens (tertiary/aromatic N) is 2. The zero-order valence-corrected chi connectivity index (χ0v) is 13.5. The predicted octanol–water partition coefficient (Wildman–Crippen LogP) is 4.20. The summed E-state index contributed by atoms with van der Waals surface area (Å²) in [5, 5.41) is 5.73. The molecule has 3 rings (SSSR count). The monoisotopic (exact) mass is 329 g/mol. The molecular weight excluding hydrogens is 314 g/mol. The average molecular weight is 329 g/mol. The van der Waals surface area contributed by atoms with Crippen LogP contribution >= 0.6 is 23.1 Å². The number of nitrogens with one attached hydrogen (secondary N) is 1. The zero-order chi connectivity index (χ0) is 15.2. The fourth-order valence-corrected chi connectivity index (χ4v) is 3.63. The van der Waals surface area contributed by atoms with Crippen LogP contribution in [0.5, 0.6) is 0 Å². The van der Waals surface area contributed by atoms with Crippen LogP contribution in [0.3, 0.4) is 0 Å². The Kier molecular flexibility index (Phi) is 5.03. The number of carbonyl (C=O) groups excluding carboxylic acids is 1. The van der Waals surface area contributed by atoms with Crippen LogP contribution in [0.1, 0.15) is 12.8 Å². The maximum atomic E-state index is 12.0. The maximum absolute atomic E-state index is 12.0. The molecule has 2 aromatic heterocycles. The highest BCUT2D eigenvalue weighted by atomic mass is 32.2. The summed E-state index contributed by atoms with van der Waals surface area (Å²) in [7, 11) is 0. The van der Waals surface area contributed by atoms with Crippen LogP contribution < -0.4 is 5.32 Å². The smallest absolute Gasteiger partial charge is 0.225 e. The zero-order valence-electron chi connectivity index (χ0n) is 11.9. The molecule has 1 aromatic carbocycles. The first-order chi connectivity index (χ1) is 10.8. The minimum Gasteiger partial charge on any atom is -0.310 e. The lowest BCUT2D eigenvalue weighted by atomic mass is 10.3. The second-order valence-corrected chi connectivity index (χ2v) is 6.74. The summed E-state index contributed by atoms with van der Waals surface area (Å²) >= 11 is 3.31. The largest absolute Gasteiger partial charge is 0.310 e. The van der Waals surface area contributed by atoms with Crippen LogP contribution in [0.2, 0.25) is 0 Å². The van der Waals surface area contributed by atoms with Crippen LogP contribution in [0.25, 0.3) is 10.2 Å². The van der Waals surface area contributed by atoms with Gasteiger partial charge in [0.05, 0.1) is 5.39 Å². The van der Waals surface area contributed by atoms with E-state index in [0.717, 1.165) is 22.4 Å². The van der Waals surface area contributed by atoms with Gasteiger partial charge in [0.1, 0.15) is 17.0 Å². The lowest BCUT2D eigenvalue weighted by Crippen LogP contribution is -2.12. The molecule has 6 heteroatoms. The number of rotatable bonds is 6. The molecule has 0 aliphatic heterocycles. The molecule has 0 aliphatic rings. The molecule has 0 saturated carbocycles. The maximum Gasteiger partial charge on any atom is 0.225 e. The van der Waals surface area contributed by atoms with Crippen molar-refractivity contribution < 1.29 is 4.79 Å². The van der Waals surface area contributed by atoms with Gasteiger partial charge in [-0.2, -0.15) is 0 Å². The molecule has 22 heavy (non-hydrogen) atoms. The van der Waals surface area contributed by atoms with Gasteiger partial charge in [0.25, 0.3) is 0 Å². The second-order valence-electron chi connectivity index (χ2n) is 4.67. The lowest BCUT2D eigenvalue weighted by Gasteiger charge is -2.05. The molecule has 3 aromatic rings. The standard InChI is InChI=1S/C16H15N3OS2/c20-14(7-4-9-21-12-5-2-1-3-6-12)19-15-13-8-10-22-16(13)18-11-17-15/h1-3,5-6,8,10-11H,4,7,9H2,(H,17,18,19,20). The normalized spacial score (nSPS) is 10.7. The minimum absolute atomic E-state index is 0.000128. The Hall–Kier alpha value is -1.92. The molecule has 0 atom stereocenters. The van der Waals surface area contributed by atoms with Crippen molar-refractivity contribution >= 4 is 45.0 Å². The number of hydrogen-bond donors (Lipinski definition) is 1. The van der Waals surface area contributed by atoms with E-state index in [4.69, 9.17) is 0 Å². The molecule has 0 aliphatic carbocycles. The average Bonchev–Trinajstić information content (AvgIpc) is 3.02. The number of hydrogen-bond acceptors (Lipinski definition) is 5. The topological polar surface area (TPSA) is 54.9 Å². The van der Waals surface area contributed by atoms with Crippen molar-refractivity contribution in [2.75, 3.05) is 11.1 Å². The van der Waals surface area contributed by atoms with E-state index in [0.29, 0.717) is 12.2 Å². The Labute approximate surface area is 137 Å². The van der Waals surface area contributed by atoms with E-state index in [-0.39, 0.29) is 5.91 Å². The second kappa shape index (κ2) is 7.38. The Bertz CT molecular complexity index is 758. The summed E-state index contributed by atoms with van der Waals surface area (Å²) in [4.78, 5) is 22.5. The number of thiophene rings is 1. The van der Waals surface area contributed by atoms with Gasteiger partial charge in [0.15, 0.2) is 0 Å². The molecule has 1 amide bonds. The number of benzene rings is 1. The number of amides is 1. The molecule has 0 fully saturated rings. The Morgan fingerprint density at radius 2 is 2.05 bits per heavy atom. The predicted molar refractivity (Wildman–Crippen MR) is 92.4 cm³/mol. The summed E-state index contributed by atoms with van der Waals surface area (Å²) in [5.74, 6) is 1.53. The molecule has 4 nitrogen and oxygen atoms in total. The first-order valence-corrected chi connectivity index (χ1v) is 8.85. The highest BCUT2D eigenvalue weighted by Gasteiger charge is 2.08. The van der Waals surface area contributed by atoms with E-state index >= 15 is 0 Å². The summed E-state index contributed by atoms with van der Waals surface area (Å²) in [6.45, 7) is 0. The molecule has 0 saturated heterocycles. The van der Waals surface area contributed by atoms with Crippen LogP contribution in [0, 0.1) is 0 Å². The van der Waals surface area contributed by atoms with Gasteiger partial charge in [-0.05, 0) is 35.8 Å². The number of anilines is 1. The molecule has 0 bridgehead atoms. The SMILES string of the molecule is O=C(CCCSc1ccccc1)Nc1ncnc2sccc12. The summed E-state index contributed by atoms with van der Waals surface area (Å²) in [5.41, 5.74) is 0. The molecule has 112 valence electrons. The number of aromatic nitrogens is 2. The van der Waals surface area contributed by atoms with Crippen molar-refractivity contribution in [3.8, 4) is 0 Å². The molecule has 0 unspecified atom stereocenters. The first-order valence-electron chi connectivity index (χ1n) is 6.99.